The molecule has 92 valence electrons. The number of hydrogen-bond donors (Lipinski definition) is 1. The molecule has 1 N–H and O–H groups in total. The van der Waals surface area contributed by atoms with Gasteiger partial charge in [0.1, 0.15) is 5.15 Å². The Bertz CT molecular complexity index is 454. The number of carbonyl (C=O) groups is 1. The van der Waals surface area contributed by atoms with Gasteiger partial charge in [0.2, 0.25) is 0 Å². The number of rotatable bonds is 2. The smallest absolute Gasteiger partial charge is 0.254 e. The van der Waals surface area contributed by atoms with Gasteiger partial charge in [-0.3, -0.25) is 4.79 Å². The van der Waals surface area contributed by atoms with Crippen LogP contribution < -0.4 is 5.32 Å². The van der Waals surface area contributed by atoms with Crippen molar-refractivity contribution in [3.63, 3.8) is 0 Å². The van der Waals surface area contributed by atoms with Crippen molar-refractivity contribution in [1.29, 1.82) is 0 Å². The van der Waals surface area contributed by atoms with Crippen LogP contribution in [0, 0.1) is 10.8 Å². The molecule has 0 spiro atoms. The summed E-state index contributed by atoms with van der Waals surface area (Å²) in [6.07, 6.45) is 1.57. The number of halogens is 1. The fourth-order valence-corrected chi connectivity index (χ4v) is 2.53. The lowest BCUT2D eigenvalue weighted by atomic mass is 10.0. The second-order valence-corrected chi connectivity index (χ2v) is 6.05. The van der Waals surface area contributed by atoms with Gasteiger partial charge in [-0.05, 0) is 23.0 Å². The first kappa shape index (κ1) is 12.4. The molecule has 1 aliphatic carbocycles. The van der Waals surface area contributed by atoms with E-state index in [2.05, 4.69) is 38.0 Å². The Morgan fingerprint density at radius 1 is 1.35 bits per heavy atom. The van der Waals surface area contributed by atoms with E-state index >= 15 is 0 Å². The Balaban J connectivity index is 2.13. The van der Waals surface area contributed by atoms with Crippen molar-refractivity contribution in [1.82, 2.24) is 10.3 Å². The predicted molar refractivity (Wildman–Crippen MR) is 68.1 cm³/mol. The third-order valence-corrected chi connectivity index (χ3v) is 4.60. The fourth-order valence-electron chi connectivity index (χ4n) is 2.32. The van der Waals surface area contributed by atoms with E-state index in [1.165, 1.54) is 0 Å². The van der Waals surface area contributed by atoms with Crippen LogP contribution in [-0.2, 0) is 0 Å². The summed E-state index contributed by atoms with van der Waals surface area (Å²) < 4.78 is 0. The van der Waals surface area contributed by atoms with Crippen molar-refractivity contribution >= 4 is 17.5 Å². The zero-order valence-electron chi connectivity index (χ0n) is 10.5. The topological polar surface area (TPSA) is 42.0 Å². The Morgan fingerprint density at radius 3 is 2.41 bits per heavy atom. The summed E-state index contributed by atoms with van der Waals surface area (Å²) in [4.78, 5) is 16.0. The maximum atomic E-state index is 12.1. The molecule has 1 saturated carbocycles. The molecule has 1 amide bonds. The number of carbonyl (C=O) groups excluding carboxylic acids is 1. The van der Waals surface area contributed by atoms with Gasteiger partial charge in [-0.1, -0.05) is 39.3 Å². The fraction of sp³-hybridized carbons (Fsp3) is 0.538. The Morgan fingerprint density at radius 2 is 1.94 bits per heavy atom. The Labute approximate surface area is 107 Å². The van der Waals surface area contributed by atoms with Crippen LogP contribution in [0.5, 0.6) is 0 Å². The molecule has 0 aromatic carbocycles. The summed E-state index contributed by atoms with van der Waals surface area (Å²) in [7, 11) is 0. The zero-order valence-corrected chi connectivity index (χ0v) is 11.3. The second-order valence-electron chi connectivity index (χ2n) is 5.69. The summed E-state index contributed by atoms with van der Waals surface area (Å²) in [6.45, 7) is 8.62. The average molecular weight is 253 g/mol. The zero-order chi connectivity index (χ0) is 12.8. The monoisotopic (exact) mass is 252 g/mol. The number of pyridine rings is 1. The molecule has 3 nitrogen and oxygen atoms in total. The second kappa shape index (κ2) is 3.70. The van der Waals surface area contributed by atoms with Crippen molar-refractivity contribution < 1.29 is 4.79 Å². The van der Waals surface area contributed by atoms with Gasteiger partial charge in [-0.2, -0.15) is 0 Å². The van der Waals surface area contributed by atoms with Gasteiger partial charge in [0.05, 0.1) is 5.56 Å². The number of aromatic nitrogens is 1. The summed E-state index contributed by atoms with van der Waals surface area (Å²) >= 11 is 5.89. The maximum absolute atomic E-state index is 12.1. The van der Waals surface area contributed by atoms with Crippen LogP contribution in [0.15, 0.2) is 18.3 Å². The molecule has 0 radical (unpaired) electrons. The number of nitrogens with zero attached hydrogens (tertiary/aromatic N) is 1. The first-order valence-corrected chi connectivity index (χ1v) is 6.07. The van der Waals surface area contributed by atoms with Gasteiger partial charge in [-0.25, -0.2) is 4.98 Å². The van der Waals surface area contributed by atoms with Crippen LogP contribution in [0.2, 0.25) is 5.15 Å². The largest absolute Gasteiger partial charge is 0.348 e. The number of nitrogens with one attached hydrogen (secondary N) is 1. The maximum Gasteiger partial charge on any atom is 0.254 e. The molecule has 1 aromatic heterocycles. The summed E-state index contributed by atoms with van der Waals surface area (Å²) in [6, 6.07) is 3.58. The van der Waals surface area contributed by atoms with Gasteiger partial charge < -0.3 is 5.32 Å². The first-order chi connectivity index (χ1) is 7.78. The lowest BCUT2D eigenvalue weighted by Gasteiger charge is -2.07. The molecule has 4 heteroatoms. The van der Waals surface area contributed by atoms with Crippen LogP contribution in [-0.4, -0.2) is 16.9 Å². The first-order valence-electron chi connectivity index (χ1n) is 5.70. The molecule has 0 atom stereocenters. The third-order valence-electron chi connectivity index (χ3n) is 4.30. The van der Waals surface area contributed by atoms with Gasteiger partial charge in [0.15, 0.2) is 0 Å². The minimum absolute atomic E-state index is 0.122. The van der Waals surface area contributed by atoms with Gasteiger partial charge in [0.25, 0.3) is 5.91 Å². The SMILES string of the molecule is CC1(C)C(NC(=O)c2cccnc2Cl)C1(C)C. The standard InChI is InChI=1S/C13H17ClN2O/c1-12(2)11(13(12,3)4)16-10(17)8-6-5-7-15-9(8)14/h5-7,11H,1-4H3,(H,16,17). The lowest BCUT2D eigenvalue weighted by Crippen LogP contribution is -2.30. The Hall–Kier alpha value is -1.09. The molecular formula is C13H17ClN2O. The van der Waals surface area contributed by atoms with E-state index in [4.69, 9.17) is 11.6 Å². The van der Waals surface area contributed by atoms with E-state index in [0.717, 1.165) is 0 Å². The lowest BCUT2D eigenvalue weighted by molar-refractivity contribution is 0.0943. The van der Waals surface area contributed by atoms with Crippen LogP contribution in [0.1, 0.15) is 38.1 Å². The molecule has 0 bridgehead atoms. The van der Waals surface area contributed by atoms with Crippen LogP contribution in [0.25, 0.3) is 0 Å². The van der Waals surface area contributed by atoms with E-state index in [9.17, 15) is 4.79 Å². The van der Waals surface area contributed by atoms with Crippen molar-refractivity contribution in [3.05, 3.63) is 29.0 Å². The van der Waals surface area contributed by atoms with E-state index in [1.807, 2.05) is 0 Å². The molecule has 1 fully saturated rings. The van der Waals surface area contributed by atoms with E-state index < -0.39 is 0 Å². The van der Waals surface area contributed by atoms with Gasteiger partial charge in [-0.15, -0.1) is 0 Å². The van der Waals surface area contributed by atoms with Crippen LogP contribution in [0.4, 0.5) is 0 Å². The molecule has 1 heterocycles. The average Bonchev–Trinajstić information content (AvgIpc) is 2.61. The highest BCUT2D eigenvalue weighted by atomic mass is 35.5. The minimum atomic E-state index is -0.147. The molecule has 0 saturated heterocycles. The van der Waals surface area contributed by atoms with Crippen LogP contribution in [0.3, 0.4) is 0 Å². The van der Waals surface area contributed by atoms with Crippen molar-refractivity contribution in [2.45, 2.75) is 33.7 Å². The van der Waals surface area contributed by atoms with Crippen molar-refractivity contribution in [3.8, 4) is 0 Å². The molecule has 0 unspecified atom stereocenters. The van der Waals surface area contributed by atoms with Crippen molar-refractivity contribution in [2.75, 3.05) is 0 Å². The highest BCUT2D eigenvalue weighted by Gasteiger charge is 2.65. The Kier molecular flexibility index (Phi) is 2.69. The molecular weight excluding hydrogens is 236 g/mol. The molecule has 2 rings (SSSR count). The number of hydrogen-bond acceptors (Lipinski definition) is 2. The summed E-state index contributed by atoms with van der Waals surface area (Å²) in [5, 5.41) is 3.28. The molecule has 0 aliphatic heterocycles. The van der Waals surface area contributed by atoms with E-state index in [0.29, 0.717) is 5.56 Å². The third kappa shape index (κ3) is 1.82. The predicted octanol–water partition coefficient (Wildman–Crippen LogP) is 2.90. The normalized spacial score (nSPS) is 21.0. The highest BCUT2D eigenvalue weighted by Crippen LogP contribution is 2.62. The van der Waals surface area contributed by atoms with Gasteiger partial charge in [0, 0.05) is 12.2 Å². The molecule has 1 aromatic rings. The number of amides is 1. The summed E-state index contributed by atoms with van der Waals surface area (Å²) in [5.74, 6) is -0.147. The quantitative estimate of drug-likeness (QED) is 0.823. The van der Waals surface area contributed by atoms with E-state index in [-0.39, 0.29) is 27.9 Å². The van der Waals surface area contributed by atoms with E-state index in [1.54, 1.807) is 18.3 Å². The van der Waals surface area contributed by atoms with Gasteiger partial charge >= 0.3 is 0 Å². The highest BCUT2D eigenvalue weighted by molar-refractivity contribution is 6.32. The molecule has 17 heavy (non-hydrogen) atoms. The molecule has 1 aliphatic rings. The minimum Gasteiger partial charge on any atom is -0.348 e. The van der Waals surface area contributed by atoms with Crippen LogP contribution >= 0.6 is 11.6 Å². The van der Waals surface area contributed by atoms with Crippen molar-refractivity contribution in [2.24, 2.45) is 10.8 Å². The summed E-state index contributed by atoms with van der Waals surface area (Å²) in [5.41, 5.74) is 0.682.